The minimum Gasteiger partial charge on any atom is -0.364 e. The van der Waals surface area contributed by atoms with Crippen molar-refractivity contribution >= 4 is 40.9 Å². The van der Waals surface area contributed by atoms with Gasteiger partial charge in [-0.25, -0.2) is 4.68 Å². The van der Waals surface area contributed by atoms with Gasteiger partial charge in [0.25, 0.3) is 17.7 Å². The molecule has 14 heteroatoms. The summed E-state index contributed by atoms with van der Waals surface area (Å²) in [7, 11) is 0. The van der Waals surface area contributed by atoms with E-state index in [2.05, 4.69) is 15.6 Å². The quantitative estimate of drug-likeness (QED) is 0.458. The lowest BCUT2D eigenvalue weighted by Crippen LogP contribution is -2.66. The lowest BCUT2D eigenvalue weighted by molar-refractivity contribution is -0.161. The Morgan fingerprint density at radius 3 is 2.47 bits per heavy atom. The Labute approximate surface area is 197 Å². The summed E-state index contributed by atoms with van der Waals surface area (Å²) in [4.78, 5) is 66.2. The van der Waals surface area contributed by atoms with Gasteiger partial charge in [0.15, 0.2) is 11.4 Å². The standard InChI is InChI=1S/C20H22N8O5S/c21-16(29)14-15(17(22)30)28(25-24-14)10-7-12-19(32)26-4-3-9(6-11(26)20(33)27(12)8-10)23-18(31)13-2-1-5-34-13/h1-2,5,9-12H,3-4,6-8H2,(H2,21,29)(H2,22,30)(H,23,31). The summed E-state index contributed by atoms with van der Waals surface area (Å²) in [6.07, 6.45) is 1.06. The number of nitrogens with two attached hydrogens (primary N) is 2. The Balaban J connectivity index is 1.34. The van der Waals surface area contributed by atoms with Gasteiger partial charge >= 0.3 is 0 Å². The van der Waals surface area contributed by atoms with E-state index < -0.39 is 29.9 Å². The molecule has 3 fully saturated rings. The van der Waals surface area contributed by atoms with Gasteiger partial charge in [-0.3, -0.25) is 24.0 Å². The number of fused-ring (bicyclic) bond motifs is 2. The summed E-state index contributed by atoms with van der Waals surface area (Å²) >= 11 is 1.33. The second-order valence-corrected chi connectivity index (χ2v) is 9.52. The Kier molecular flexibility index (Phi) is 5.31. The molecule has 0 radical (unpaired) electrons. The van der Waals surface area contributed by atoms with E-state index in [1.54, 1.807) is 17.0 Å². The van der Waals surface area contributed by atoms with Gasteiger partial charge in [0.05, 0.1) is 10.9 Å². The van der Waals surface area contributed by atoms with E-state index in [0.29, 0.717) is 24.3 Å². The number of hydrogen-bond acceptors (Lipinski definition) is 8. The second-order valence-electron chi connectivity index (χ2n) is 8.58. The third kappa shape index (κ3) is 3.50. The SMILES string of the molecule is NC(=O)c1nnn(C2CC3C(=O)N4CCC(NC(=O)c5cccs5)CC4C(=O)N3C2)c1C(N)=O. The number of hydrogen-bond donors (Lipinski definition) is 3. The Bertz CT molecular complexity index is 1190. The molecule has 0 aliphatic carbocycles. The van der Waals surface area contributed by atoms with Gasteiger partial charge in [-0.2, -0.15) is 0 Å². The molecule has 0 bridgehead atoms. The highest BCUT2D eigenvalue weighted by molar-refractivity contribution is 7.12. The van der Waals surface area contributed by atoms with Crippen LogP contribution in [0.25, 0.3) is 0 Å². The molecule has 4 unspecified atom stereocenters. The average Bonchev–Trinajstić information content (AvgIpc) is 3.56. The molecule has 3 saturated heterocycles. The second kappa shape index (κ2) is 8.20. The van der Waals surface area contributed by atoms with E-state index in [1.807, 2.05) is 5.38 Å². The van der Waals surface area contributed by atoms with Crippen LogP contribution < -0.4 is 16.8 Å². The number of piperidine rings is 1. The van der Waals surface area contributed by atoms with Gasteiger partial charge in [0.1, 0.15) is 12.1 Å². The molecule has 2 aromatic rings. The Hall–Kier alpha value is -3.81. The van der Waals surface area contributed by atoms with Crippen molar-refractivity contribution in [1.29, 1.82) is 0 Å². The Morgan fingerprint density at radius 2 is 1.79 bits per heavy atom. The number of carbonyl (C=O) groups is 5. The molecule has 5 amide bonds. The van der Waals surface area contributed by atoms with Crippen molar-refractivity contribution in [3.05, 3.63) is 33.8 Å². The van der Waals surface area contributed by atoms with Crippen LogP contribution >= 0.6 is 11.3 Å². The van der Waals surface area contributed by atoms with Gasteiger partial charge in [-0.05, 0) is 24.3 Å². The van der Waals surface area contributed by atoms with E-state index in [0.717, 1.165) is 0 Å². The average molecular weight is 487 g/mol. The highest BCUT2D eigenvalue weighted by Crippen LogP contribution is 2.36. The van der Waals surface area contributed by atoms with Crippen LogP contribution in [0.5, 0.6) is 0 Å². The van der Waals surface area contributed by atoms with Crippen LogP contribution in [0.2, 0.25) is 0 Å². The minimum atomic E-state index is -0.948. The zero-order valence-corrected chi connectivity index (χ0v) is 18.7. The number of aromatic nitrogens is 3. The maximum absolute atomic E-state index is 13.4. The van der Waals surface area contributed by atoms with Crippen molar-refractivity contribution in [3.8, 4) is 0 Å². The molecule has 0 aromatic carbocycles. The summed E-state index contributed by atoms with van der Waals surface area (Å²) in [5.41, 5.74) is 10.1. The number of amides is 5. The van der Waals surface area contributed by atoms with Gasteiger partial charge in [-0.1, -0.05) is 11.3 Å². The molecule has 4 atom stereocenters. The van der Waals surface area contributed by atoms with Gasteiger partial charge in [-0.15, -0.1) is 16.4 Å². The van der Waals surface area contributed by atoms with Crippen LogP contribution in [0.1, 0.15) is 56.0 Å². The number of thiophene rings is 1. The van der Waals surface area contributed by atoms with Crippen LogP contribution in [-0.4, -0.2) is 85.5 Å². The van der Waals surface area contributed by atoms with Crippen molar-refractivity contribution in [1.82, 2.24) is 30.1 Å². The van der Waals surface area contributed by atoms with Crippen molar-refractivity contribution in [3.63, 3.8) is 0 Å². The van der Waals surface area contributed by atoms with Crippen LogP contribution in [-0.2, 0) is 9.59 Å². The number of nitrogens with zero attached hydrogens (tertiary/aromatic N) is 5. The topological polar surface area (TPSA) is 187 Å². The molecule has 3 aliphatic heterocycles. The van der Waals surface area contributed by atoms with Gasteiger partial charge in [0, 0.05) is 25.6 Å². The first kappa shape index (κ1) is 22.0. The van der Waals surface area contributed by atoms with Crippen LogP contribution in [0.3, 0.4) is 0 Å². The number of nitrogens with one attached hydrogen (secondary N) is 1. The highest BCUT2D eigenvalue weighted by atomic mass is 32.1. The van der Waals surface area contributed by atoms with E-state index >= 15 is 0 Å². The van der Waals surface area contributed by atoms with Crippen molar-refractivity contribution < 1.29 is 24.0 Å². The molecule has 3 aliphatic rings. The third-order valence-electron chi connectivity index (χ3n) is 6.61. The number of piperazine rings is 1. The first-order chi connectivity index (χ1) is 16.3. The van der Waals surface area contributed by atoms with E-state index in [-0.39, 0.29) is 48.1 Å². The first-order valence-electron chi connectivity index (χ1n) is 10.8. The van der Waals surface area contributed by atoms with Crippen LogP contribution in [0, 0.1) is 0 Å². The predicted octanol–water partition coefficient (Wildman–Crippen LogP) is -1.52. The third-order valence-corrected chi connectivity index (χ3v) is 7.47. The first-order valence-corrected chi connectivity index (χ1v) is 11.6. The molecule has 0 spiro atoms. The van der Waals surface area contributed by atoms with Crippen LogP contribution in [0.4, 0.5) is 0 Å². The lowest BCUT2D eigenvalue weighted by atomic mass is 9.92. The Morgan fingerprint density at radius 1 is 1.06 bits per heavy atom. The highest BCUT2D eigenvalue weighted by Gasteiger charge is 2.53. The van der Waals surface area contributed by atoms with E-state index in [9.17, 15) is 24.0 Å². The van der Waals surface area contributed by atoms with E-state index in [4.69, 9.17) is 11.5 Å². The molecule has 2 aromatic heterocycles. The molecule has 34 heavy (non-hydrogen) atoms. The minimum absolute atomic E-state index is 0.105. The van der Waals surface area contributed by atoms with Gasteiger partial charge < -0.3 is 26.6 Å². The fourth-order valence-electron chi connectivity index (χ4n) is 5.05. The van der Waals surface area contributed by atoms with E-state index in [1.165, 1.54) is 20.9 Å². The molecule has 5 N–H and O–H groups in total. The molecular formula is C20H22N8O5S. The fourth-order valence-corrected chi connectivity index (χ4v) is 5.68. The maximum atomic E-state index is 13.4. The summed E-state index contributed by atoms with van der Waals surface area (Å²) in [6, 6.07) is 1.31. The van der Waals surface area contributed by atoms with Crippen molar-refractivity contribution in [2.75, 3.05) is 13.1 Å². The fraction of sp³-hybridized carbons (Fsp3) is 0.450. The maximum Gasteiger partial charge on any atom is 0.271 e. The molecule has 5 heterocycles. The normalized spacial score (nSPS) is 26.2. The molecule has 178 valence electrons. The largest absolute Gasteiger partial charge is 0.364 e. The summed E-state index contributed by atoms with van der Waals surface area (Å²) in [5.74, 6) is -2.49. The zero-order chi connectivity index (χ0) is 24.1. The van der Waals surface area contributed by atoms with Crippen LogP contribution in [0.15, 0.2) is 17.5 Å². The lowest BCUT2D eigenvalue weighted by Gasteiger charge is -2.46. The molecule has 13 nitrogen and oxygen atoms in total. The smallest absolute Gasteiger partial charge is 0.271 e. The molecule has 5 rings (SSSR count). The number of rotatable bonds is 5. The molecule has 0 saturated carbocycles. The number of primary amides is 2. The predicted molar refractivity (Wildman–Crippen MR) is 117 cm³/mol. The van der Waals surface area contributed by atoms with Crippen molar-refractivity contribution in [2.45, 2.75) is 43.4 Å². The van der Waals surface area contributed by atoms with Gasteiger partial charge in [0.2, 0.25) is 11.8 Å². The summed E-state index contributed by atoms with van der Waals surface area (Å²) in [6.45, 7) is 0.453. The summed E-state index contributed by atoms with van der Waals surface area (Å²) in [5, 5.41) is 12.3. The van der Waals surface area contributed by atoms with Crippen molar-refractivity contribution in [2.24, 2.45) is 11.5 Å². The monoisotopic (exact) mass is 486 g/mol. The number of carbonyl (C=O) groups excluding carboxylic acids is 5. The molecular weight excluding hydrogens is 464 g/mol. The summed E-state index contributed by atoms with van der Waals surface area (Å²) < 4.78 is 1.18. The zero-order valence-electron chi connectivity index (χ0n) is 17.9.